The molecule has 0 aliphatic heterocycles. The summed E-state index contributed by atoms with van der Waals surface area (Å²) in [5.41, 5.74) is 8.42. The number of ether oxygens (including phenoxy) is 3. The van der Waals surface area contributed by atoms with Gasteiger partial charge < -0.3 is 19.9 Å². The number of imide groups is 1. The molecule has 2 amide bonds. The first kappa shape index (κ1) is 28.5. The van der Waals surface area contributed by atoms with Crippen LogP contribution in [0.4, 0.5) is 4.79 Å². The number of aromatic nitrogens is 1. The topological polar surface area (TPSA) is 130 Å². The predicted molar refractivity (Wildman–Crippen MR) is 136 cm³/mol. The van der Waals surface area contributed by atoms with E-state index in [0.29, 0.717) is 5.02 Å². The second-order valence-electron chi connectivity index (χ2n) is 8.05. The molecule has 2 rings (SSSR count). The fourth-order valence-corrected chi connectivity index (χ4v) is 2.90. The first-order valence-electron chi connectivity index (χ1n) is 11.2. The van der Waals surface area contributed by atoms with E-state index in [1.165, 1.54) is 17.8 Å². The van der Waals surface area contributed by atoms with Crippen LogP contribution in [0.3, 0.4) is 0 Å². The number of nitrogens with one attached hydrogen (secondary N) is 1. The number of hydrogen-bond donors (Lipinski definition) is 2. The smallest absolute Gasteiger partial charge is 0.420 e. The molecule has 0 unspecified atom stereocenters. The van der Waals surface area contributed by atoms with Crippen molar-refractivity contribution in [3.8, 4) is 11.6 Å². The molecule has 1 aromatic carbocycles. The van der Waals surface area contributed by atoms with E-state index in [1.54, 1.807) is 24.3 Å². The number of allylic oxidation sites excluding steroid dienone is 3. The summed E-state index contributed by atoms with van der Waals surface area (Å²) in [6, 6.07) is 8.26. The first-order valence-corrected chi connectivity index (χ1v) is 11.6. The third kappa shape index (κ3) is 10.3. The zero-order valence-electron chi connectivity index (χ0n) is 20.5. The van der Waals surface area contributed by atoms with Crippen molar-refractivity contribution in [1.82, 2.24) is 10.3 Å². The number of pyridine rings is 1. The summed E-state index contributed by atoms with van der Waals surface area (Å²) in [5, 5.41) is 2.51. The molecule has 0 fully saturated rings. The van der Waals surface area contributed by atoms with Gasteiger partial charge >= 0.3 is 12.1 Å². The number of hydrogen-bond acceptors (Lipinski definition) is 8. The van der Waals surface area contributed by atoms with E-state index in [1.807, 2.05) is 32.2 Å². The van der Waals surface area contributed by atoms with E-state index in [9.17, 15) is 14.4 Å². The molecule has 1 heterocycles. The minimum atomic E-state index is -1.08. The van der Waals surface area contributed by atoms with Gasteiger partial charge in [-0.05, 0) is 57.4 Å². The Morgan fingerprint density at radius 3 is 2.50 bits per heavy atom. The zero-order valence-corrected chi connectivity index (χ0v) is 21.3. The van der Waals surface area contributed by atoms with E-state index in [2.05, 4.69) is 11.1 Å². The quantitative estimate of drug-likeness (QED) is 0.324. The first-order chi connectivity index (χ1) is 17.2. The SMILES string of the molecule is CC(C)=CCC/C(C)=C/COC(=O)c1cnc(OC(=O)NC(=O)CN)c(OCc2ccc(Cl)cc2)c1. The fraction of sp³-hybridized carbons (Fsp3) is 0.308. The largest absolute Gasteiger partial charge is 0.483 e. The Balaban J connectivity index is 2.11. The van der Waals surface area contributed by atoms with E-state index in [-0.39, 0.29) is 30.4 Å². The van der Waals surface area contributed by atoms with E-state index < -0.39 is 24.5 Å². The number of amides is 2. The predicted octanol–water partition coefficient (Wildman–Crippen LogP) is 4.74. The van der Waals surface area contributed by atoms with Crippen LogP contribution in [0.15, 0.2) is 59.8 Å². The van der Waals surface area contributed by atoms with Gasteiger partial charge in [0, 0.05) is 17.3 Å². The van der Waals surface area contributed by atoms with Gasteiger partial charge in [-0.3, -0.25) is 10.1 Å². The Morgan fingerprint density at radius 1 is 1.11 bits per heavy atom. The van der Waals surface area contributed by atoms with Crippen LogP contribution in [0.2, 0.25) is 5.02 Å². The van der Waals surface area contributed by atoms with E-state index in [4.69, 9.17) is 31.5 Å². The molecule has 1 aromatic heterocycles. The lowest BCUT2D eigenvalue weighted by Crippen LogP contribution is -2.37. The molecule has 36 heavy (non-hydrogen) atoms. The number of rotatable bonds is 11. The van der Waals surface area contributed by atoms with Crippen molar-refractivity contribution < 1.29 is 28.6 Å². The van der Waals surface area contributed by atoms with Crippen LogP contribution in [-0.4, -0.2) is 36.1 Å². The summed E-state index contributed by atoms with van der Waals surface area (Å²) in [6.45, 7) is 5.85. The van der Waals surface area contributed by atoms with Gasteiger partial charge in [0.05, 0.1) is 12.1 Å². The summed E-state index contributed by atoms with van der Waals surface area (Å²) in [4.78, 5) is 39.9. The Bertz CT molecular complexity index is 1120. The van der Waals surface area contributed by atoms with Gasteiger partial charge in [0.2, 0.25) is 5.91 Å². The normalized spacial score (nSPS) is 10.9. The minimum absolute atomic E-state index is 0.00296. The number of carbonyl (C=O) groups excluding carboxylic acids is 3. The fourth-order valence-electron chi connectivity index (χ4n) is 2.78. The molecule has 0 saturated carbocycles. The third-order valence-corrected chi connectivity index (χ3v) is 4.97. The molecular weight excluding hydrogens is 486 g/mol. The van der Waals surface area contributed by atoms with Crippen molar-refractivity contribution >= 4 is 29.6 Å². The summed E-state index contributed by atoms with van der Waals surface area (Å²) >= 11 is 5.91. The lowest BCUT2D eigenvalue weighted by Gasteiger charge is -2.12. The maximum atomic E-state index is 12.6. The van der Waals surface area contributed by atoms with Crippen molar-refractivity contribution in [3.05, 3.63) is 76.0 Å². The average Bonchev–Trinajstić information content (AvgIpc) is 2.83. The van der Waals surface area contributed by atoms with Crippen molar-refractivity contribution in [1.29, 1.82) is 0 Å². The molecule has 3 N–H and O–H groups in total. The Labute approximate surface area is 215 Å². The Morgan fingerprint density at radius 2 is 1.83 bits per heavy atom. The standard InChI is InChI=1S/C26H30ClN3O6/c1-17(2)5-4-6-18(3)11-12-34-25(32)20-13-22(35-16-19-7-9-21(27)10-8-19)24(29-15-20)36-26(33)30-23(31)14-28/h5,7-11,13,15H,4,6,12,14,16,28H2,1-3H3,(H,30,31,33)/b18-11+. The highest BCUT2D eigenvalue weighted by Crippen LogP contribution is 2.27. The number of esters is 1. The van der Waals surface area contributed by atoms with Crippen molar-refractivity contribution in [2.45, 2.75) is 40.2 Å². The molecule has 0 aliphatic rings. The van der Waals surface area contributed by atoms with E-state index >= 15 is 0 Å². The van der Waals surface area contributed by atoms with Gasteiger partial charge in [-0.2, -0.15) is 0 Å². The summed E-state index contributed by atoms with van der Waals surface area (Å²) < 4.78 is 16.1. The summed E-state index contributed by atoms with van der Waals surface area (Å²) in [7, 11) is 0. The Kier molecular flexibility index (Phi) is 11.6. The molecule has 0 saturated heterocycles. The van der Waals surface area contributed by atoms with Crippen LogP contribution >= 0.6 is 11.6 Å². The molecule has 0 spiro atoms. The molecular formula is C26H30ClN3O6. The van der Waals surface area contributed by atoms with Crippen LogP contribution in [0.1, 0.15) is 49.5 Å². The molecule has 0 radical (unpaired) electrons. The number of benzene rings is 1. The summed E-state index contributed by atoms with van der Waals surface area (Å²) in [5.74, 6) is -1.59. The molecule has 0 atom stereocenters. The van der Waals surface area contributed by atoms with Gasteiger partial charge in [0.1, 0.15) is 13.2 Å². The zero-order chi connectivity index (χ0) is 26.5. The second kappa shape index (κ2) is 14.7. The lowest BCUT2D eigenvalue weighted by atomic mass is 10.1. The highest BCUT2D eigenvalue weighted by molar-refractivity contribution is 6.30. The highest BCUT2D eigenvalue weighted by atomic mass is 35.5. The average molecular weight is 516 g/mol. The molecule has 0 aliphatic carbocycles. The molecule has 192 valence electrons. The molecule has 2 aromatic rings. The lowest BCUT2D eigenvalue weighted by molar-refractivity contribution is -0.118. The van der Waals surface area contributed by atoms with Gasteiger partial charge in [0.25, 0.3) is 5.88 Å². The minimum Gasteiger partial charge on any atom is -0.483 e. The molecule has 9 nitrogen and oxygen atoms in total. The van der Waals surface area contributed by atoms with Gasteiger partial charge in [-0.1, -0.05) is 41.0 Å². The van der Waals surface area contributed by atoms with Gasteiger partial charge in [-0.15, -0.1) is 0 Å². The third-order valence-electron chi connectivity index (χ3n) is 4.72. The highest BCUT2D eigenvalue weighted by Gasteiger charge is 2.18. The molecule has 0 bridgehead atoms. The van der Waals surface area contributed by atoms with Crippen molar-refractivity contribution in [3.63, 3.8) is 0 Å². The molecule has 10 heteroatoms. The maximum Gasteiger partial charge on any atom is 0.420 e. The Hall–Kier alpha value is -3.69. The van der Waals surface area contributed by atoms with Crippen LogP contribution in [0.5, 0.6) is 11.6 Å². The van der Waals surface area contributed by atoms with Gasteiger partial charge in [0.15, 0.2) is 5.75 Å². The number of halogens is 1. The second-order valence-corrected chi connectivity index (χ2v) is 8.49. The van der Waals surface area contributed by atoms with E-state index in [0.717, 1.165) is 24.0 Å². The number of carbonyl (C=O) groups is 3. The number of nitrogens with zero attached hydrogens (tertiary/aromatic N) is 1. The van der Waals surface area contributed by atoms with Crippen molar-refractivity contribution in [2.24, 2.45) is 5.73 Å². The maximum absolute atomic E-state index is 12.6. The van der Waals surface area contributed by atoms with Crippen molar-refractivity contribution in [2.75, 3.05) is 13.2 Å². The summed E-state index contributed by atoms with van der Waals surface area (Å²) in [6.07, 6.45) is 5.89. The van der Waals surface area contributed by atoms with Crippen LogP contribution in [0, 0.1) is 0 Å². The monoisotopic (exact) mass is 515 g/mol. The van der Waals surface area contributed by atoms with Gasteiger partial charge in [-0.25, -0.2) is 14.6 Å². The van der Waals surface area contributed by atoms with Crippen LogP contribution in [0.25, 0.3) is 0 Å². The van der Waals surface area contributed by atoms with Crippen LogP contribution in [-0.2, 0) is 16.1 Å². The van der Waals surface area contributed by atoms with Crippen LogP contribution < -0.4 is 20.5 Å². The number of nitrogens with two attached hydrogens (primary N) is 1.